The minimum Gasteiger partial charge on any atom is -0.460 e. The molecule has 328 valence electrons. The molecule has 0 saturated heterocycles. The Hall–Kier alpha value is -4.04. The molecular weight excluding hydrogens is 819 g/mol. The molecule has 0 saturated carbocycles. The van der Waals surface area contributed by atoms with E-state index in [9.17, 15) is 30.0 Å². The van der Waals surface area contributed by atoms with Crippen molar-refractivity contribution in [3.05, 3.63) is 125 Å². The van der Waals surface area contributed by atoms with Gasteiger partial charge in [-0.15, -0.1) is 0 Å². The lowest BCUT2D eigenvalue weighted by atomic mass is 10.2. The SMILES string of the molecule is Cc1ccc(S(=O)(=O)O)cc1.Cc1ccc(S(=O)(=O)O)cc1.Cc1ccc(S(=O)(=O)O)cc1.NCCCCCCNCCCCCCNCC(=O)OCc1ccccc1. The van der Waals surface area contributed by atoms with Crippen LogP contribution in [0.25, 0.3) is 0 Å². The highest BCUT2D eigenvalue weighted by molar-refractivity contribution is 7.86. The van der Waals surface area contributed by atoms with Crippen molar-refractivity contribution >= 4 is 36.3 Å². The van der Waals surface area contributed by atoms with Gasteiger partial charge in [-0.2, -0.15) is 25.3 Å². The molecule has 14 nitrogen and oxygen atoms in total. The van der Waals surface area contributed by atoms with Gasteiger partial charge in [0.15, 0.2) is 0 Å². The maximum Gasteiger partial charge on any atom is 0.320 e. The molecule has 0 radical (unpaired) electrons. The third-order valence-electron chi connectivity index (χ3n) is 8.23. The molecule has 0 aliphatic heterocycles. The molecule has 0 unspecified atom stereocenters. The predicted molar refractivity (Wildman–Crippen MR) is 231 cm³/mol. The van der Waals surface area contributed by atoms with Gasteiger partial charge >= 0.3 is 5.97 Å². The zero-order valence-corrected chi connectivity index (χ0v) is 36.6. The van der Waals surface area contributed by atoms with Gasteiger partial charge in [0.1, 0.15) is 6.61 Å². The molecule has 0 aromatic heterocycles. The summed E-state index contributed by atoms with van der Waals surface area (Å²) in [5.74, 6) is -0.190. The van der Waals surface area contributed by atoms with E-state index in [4.69, 9.17) is 24.1 Å². The smallest absolute Gasteiger partial charge is 0.320 e. The number of nitrogens with two attached hydrogens (primary N) is 1. The molecule has 0 amide bonds. The number of unbranched alkanes of at least 4 members (excludes halogenated alkanes) is 6. The molecule has 7 N–H and O–H groups in total. The number of carbonyl (C=O) groups is 1. The Morgan fingerprint density at radius 2 is 0.847 bits per heavy atom. The Balaban J connectivity index is 0.000000435. The summed E-state index contributed by atoms with van der Waals surface area (Å²) < 4.78 is 93.9. The summed E-state index contributed by atoms with van der Waals surface area (Å²) in [6.45, 7) is 10.1. The van der Waals surface area contributed by atoms with Crippen LogP contribution < -0.4 is 16.4 Å². The summed E-state index contributed by atoms with van der Waals surface area (Å²) in [6, 6.07) is 27.7. The average Bonchev–Trinajstić information content (AvgIpc) is 3.18. The number of rotatable bonds is 20. The number of benzene rings is 4. The van der Waals surface area contributed by atoms with Crippen LogP contribution in [0.3, 0.4) is 0 Å². The first kappa shape index (κ1) is 53.0. The Bertz CT molecular complexity index is 1890. The van der Waals surface area contributed by atoms with Crippen LogP contribution in [-0.2, 0) is 46.5 Å². The lowest BCUT2D eigenvalue weighted by Gasteiger charge is -2.07. The van der Waals surface area contributed by atoms with Gasteiger partial charge in [-0.25, -0.2) is 0 Å². The van der Waals surface area contributed by atoms with E-state index in [0.717, 1.165) is 61.3 Å². The predicted octanol–water partition coefficient (Wildman–Crippen LogP) is 6.71. The molecular formula is C42H61N3O11S3. The third kappa shape index (κ3) is 27.4. The molecule has 59 heavy (non-hydrogen) atoms. The minimum absolute atomic E-state index is 0.0666. The average molecular weight is 880 g/mol. The van der Waals surface area contributed by atoms with Gasteiger partial charge in [-0.1, -0.05) is 109 Å². The highest BCUT2D eigenvalue weighted by Gasteiger charge is 2.09. The quantitative estimate of drug-likeness (QED) is 0.0307. The normalized spacial score (nSPS) is 11.2. The topological polar surface area (TPSA) is 239 Å². The van der Waals surface area contributed by atoms with Gasteiger partial charge in [-0.3, -0.25) is 18.5 Å². The van der Waals surface area contributed by atoms with Crippen molar-refractivity contribution in [2.45, 2.75) is 93.4 Å². The van der Waals surface area contributed by atoms with Gasteiger partial charge in [0.2, 0.25) is 0 Å². The van der Waals surface area contributed by atoms with Gasteiger partial charge in [0.25, 0.3) is 30.4 Å². The van der Waals surface area contributed by atoms with Crippen molar-refractivity contribution in [2.75, 3.05) is 32.7 Å². The van der Waals surface area contributed by atoms with E-state index in [1.165, 1.54) is 74.9 Å². The first-order chi connectivity index (χ1) is 27.8. The second-order valence-corrected chi connectivity index (χ2v) is 17.8. The van der Waals surface area contributed by atoms with Crippen LogP contribution in [0.1, 0.15) is 73.6 Å². The lowest BCUT2D eigenvalue weighted by Crippen LogP contribution is -2.25. The van der Waals surface area contributed by atoms with Crippen LogP contribution in [0.2, 0.25) is 0 Å². The molecule has 0 aliphatic carbocycles. The molecule has 4 rings (SSSR count). The number of ether oxygens (including phenoxy) is 1. The first-order valence-corrected chi connectivity index (χ1v) is 23.6. The van der Waals surface area contributed by atoms with E-state index in [0.29, 0.717) is 13.2 Å². The summed E-state index contributed by atoms with van der Waals surface area (Å²) in [6.07, 6.45) is 9.70. The summed E-state index contributed by atoms with van der Waals surface area (Å²) >= 11 is 0. The van der Waals surface area contributed by atoms with Crippen molar-refractivity contribution in [2.24, 2.45) is 5.73 Å². The Kier molecular flexibility index (Phi) is 26.2. The highest BCUT2D eigenvalue weighted by atomic mass is 32.2. The number of esters is 1. The molecule has 4 aromatic rings. The van der Waals surface area contributed by atoms with Crippen molar-refractivity contribution in [1.82, 2.24) is 10.6 Å². The fourth-order valence-corrected chi connectivity index (χ4v) is 6.28. The van der Waals surface area contributed by atoms with Crippen LogP contribution in [0.5, 0.6) is 0 Å². The number of carbonyl (C=O) groups excluding carboxylic acids is 1. The molecule has 0 bridgehead atoms. The fourth-order valence-electron chi connectivity index (χ4n) is 4.84. The molecule has 17 heteroatoms. The molecule has 0 heterocycles. The number of hydrogen-bond acceptors (Lipinski definition) is 11. The maximum absolute atomic E-state index is 11.6. The van der Waals surface area contributed by atoms with Crippen molar-refractivity contribution < 1.29 is 48.4 Å². The second kappa shape index (κ2) is 29.2. The number of nitrogens with one attached hydrogen (secondary N) is 2. The van der Waals surface area contributed by atoms with E-state index in [1.807, 2.05) is 51.1 Å². The minimum atomic E-state index is -4.02. The van der Waals surface area contributed by atoms with E-state index in [1.54, 1.807) is 36.4 Å². The van der Waals surface area contributed by atoms with Crippen LogP contribution in [0.4, 0.5) is 0 Å². The van der Waals surface area contributed by atoms with E-state index in [2.05, 4.69) is 10.6 Å². The zero-order chi connectivity index (χ0) is 44.2. The summed E-state index contributed by atoms with van der Waals surface area (Å²) in [5, 5.41) is 6.66. The van der Waals surface area contributed by atoms with Gasteiger partial charge in [-0.05, 0) is 115 Å². The van der Waals surface area contributed by atoms with Crippen LogP contribution >= 0.6 is 0 Å². The Morgan fingerprint density at radius 1 is 0.508 bits per heavy atom. The van der Waals surface area contributed by atoms with Gasteiger partial charge < -0.3 is 21.1 Å². The molecule has 0 spiro atoms. The fraction of sp³-hybridized carbons (Fsp3) is 0.405. The standard InChI is InChI=1S/C21H37N3O2.3C7H8O3S/c22-14-8-1-2-9-15-23-16-10-3-4-11-17-24-18-21(25)26-19-20-12-6-5-7-13-20;3*1-6-2-4-7(5-3-6)11(8,9)10/h5-7,12-13,23-24H,1-4,8-11,14-19,22H2;3*2-5H,1H3,(H,8,9,10). The van der Waals surface area contributed by atoms with Crippen molar-refractivity contribution in [3.63, 3.8) is 0 Å². The van der Waals surface area contributed by atoms with Crippen molar-refractivity contribution in [3.8, 4) is 0 Å². The molecule has 4 aromatic carbocycles. The van der Waals surface area contributed by atoms with Gasteiger partial charge in [0, 0.05) is 0 Å². The van der Waals surface area contributed by atoms with E-state index < -0.39 is 30.4 Å². The van der Waals surface area contributed by atoms with Crippen LogP contribution in [0, 0.1) is 20.8 Å². The zero-order valence-electron chi connectivity index (χ0n) is 34.1. The molecule has 0 fully saturated rings. The Labute approximate surface area is 351 Å². The maximum atomic E-state index is 11.6. The molecule has 0 atom stereocenters. The monoisotopic (exact) mass is 879 g/mol. The van der Waals surface area contributed by atoms with Crippen molar-refractivity contribution in [1.29, 1.82) is 0 Å². The van der Waals surface area contributed by atoms with Crippen LogP contribution in [0.15, 0.2) is 118 Å². The number of aryl methyl sites for hydroxylation is 3. The molecule has 0 aliphatic rings. The highest BCUT2D eigenvalue weighted by Crippen LogP contribution is 2.10. The Morgan fingerprint density at radius 3 is 1.19 bits per heavy atom. The van der Waals surface area contributed by atoms with Gasteiger partial charge in [0.05, 0.1) is 21.2 Å². The summed E-state index contributed by atoms with van der Waals surface area (Å²) in [7, 11) is -12.1. The first-order valence-electron chi connectivity index (χ1n) is 19.3. The van der Waals surface area contributed by atoms with E-state index in [-0.39, 0.29) is 20.7 Å². The third-order valence-corrected chi connectivity index (χ3v) is 10.8. The number of hydrogen-bond donors (Lipinski definition) is 6. The van der Waals surface area contributed by atoms with E-state index >= 15 is 0 Å². The van der Waals surface area contributed by atoms with Crippen LogP contribution in [-0.4, -0.2) is 77.6 Å². The largest absolute Gasteiger partial charge is 0.460 e. The lowest BCUT2D eigenvalue weighted by molar-refractivity contribution is -0.143. The summed E-state index contributed by atoms with van der Waals surface area (Å²) in [5.41, 5.74) is 9.36. The summed E-state index contributed by atoms with van der Waals surface area (Å²) in [4.78, 5) is 11.4. The second-order valence-electron chi connectivity index (χ2n) is 13.6.